The Bertz CT molecular complexity index is 1380. The number of alkyl halides is 3. The fourth-order valence-electron chi connectivity index (χ4n) is 2.94. The van der Waals surface area contributed by atoms with Crippen molar-refractivity contribution in [3.05, 3.63) is 92.5 Å². The van der Waals surface area contributed by atoms with Crippen LogP contribution in [0.25, 0.3) is 6.08 Å². The highest BCUT2D eigenvalue weighted by Crippen LogP contribution is 2.39. The molecular formula is C24H15ClF3N3O5. The Morgan fingerprint density at radius 2 is 1.78 bits per heavy atom. The third-order valence-electron chi connectivity index (χ3n) is 4.69. The average Bonchev–Trinajstić information content (AvgIpc) is 2.83. The summed E-state index contributed by atoms with van der Waals surface area (Å²) in [6.45, 7) is 0. The highest BCUT2D eigenvalue weighted by Gasteiger charge is 2.33. The summed E-state index contributed by atoms with van der Waals surface area (Å²) in [6.07, 6.45) is -3.66. The molecule has 0 aliphatic heterocycles. The minimum absolute atomic E-state index is 0.0816. The Morgan fingerprint density at radius 3 is 2.36 bits per heavy atom. The molecule has 3 rings (SSSR count). The van der Waals surface area contributed by atoms with Gasteiger partial charge in [-0.1, -0.05) is 11.6 Å². The first-order valence-electron chi connectivity index (χ1n) is 9.92. The molecule has 3 aromatic carbocycles. The predicted molar refractivity (Wildman–Crippen MR) is 125 cm³/mol. The first-order chi connectivity index (χ1) is 17.0. The number of benzene rings is 3. The summed E-state index contributed by atoms with van der Waals surface area (Å²) < 4.78 is 49.5. The molecule has 0 atom stereocenters. The lowest BCUT2D eigenvalue weighted by molar-refractivity contribution is -0.385. The maximum absolute atomic E-state index is 13.0. The Labute approximate surface area is 207 Å². The molecule has 3 aromatic rings. The zero-order chi connectivity index (χ0) is 26.5. The van der Waals surface area contributed by atoms with Crippen LogP contribution in [0.3, 0.4) is 0 Å². The molecule has 0 bridgehead atoms. The molecule has 0 spiro atoms. The quantitative estimate of drug-likeness (QED) is 0.163. The molecule has 8 nitrogen and oxygen atoms in total. The first-order valence-corrected chi connectivity index (χ1v) is 10.3. The SMILES string of the molecule is COc1ccc(NC(=O)/C(C#N)=C/c2cc(Cl)ccc2Oc2ccc(C(F)(F)F)cc2[N+](=O)[O-])cc1. The molecule has 0 aliphatic rings. The lowest BCUT2D eigenvalue weighted by Crippen LogP contribution is -2.13. The zero-order valence-electron chi connectivity index (χ0n) is 18.3. The van der Waals surface area contributed by atoms with Crippen molar-refractivity contribution in [2.24, 2.45) is 0 Å². The Hall–Kier alpha value is -4.56. The highest BCUT2D eigenvalue weighted by molar-refractivity contribution is 6.30. The van der Waals surface area contributed by atoms with Gasteiger partial charge in [0.25, 0.3) is 5.91 Å². The third kappa shape index (κ3) is 6.31. The van der Waals surface area contributed by atoms with Crippen molar-refractivity contribution in [1.29, 1.82) is 5.26 Å². The largest absolute Gasteiger partial charge is 0.497 e. The van der Waals surface area contributed by atoms with Gasteiger partial charge in [0.1, 0.15) is 23.1 Å². The number of halogens is 4. The summed E-state index contributed by atoms with van der Waals surface area (Å²) in [5, 5.41) is 23.6. The van der Waals surface area contributed by atoms with Gasteiger partial charge >= 0.3 is 11.9 Å². The Balaban J connectivity index is 1.96. The standard InChI is InChI=1S/C24H15ClF3N3O5/c1-35-19-6-4-18(5-7-19)30-23(32)15(13-29)10-14-11-17(25)3-9-21(14)36-22-8-2-16(24(26,27)28)12-20(22)31(33)34/h2-12H,1H3,(H,30,32)/b15-10+. The molecule has 0 aromatic heterocycles. The monoisotopic (exact) mass is 517 g/mol. The van der Waals surface area contributed by atoms with E-state index < -0.39 is 34.0 Å². The van der Waals surface area contributed by atoms with Crippen LogP contribution in [0.2, 0.25) is 5.02 Å². The van der Waals surface area contributed by atoms with Crippen molar-refractivity contribution < 1.29 is 32.4 Å². The van der Waals surface area contributed by atoms with Gasteiger partial charge in [-0.3, -0.25) is 14.9 Å². The van der Waals surface area contributed by atoms with Gasteiger partial charge in [0, 0.05) is 22.3 Å². The number of nitriles is 1. The maximum Gasteiger partial charge on any atom is 0.416 e. The Morgan fingerprint density at radius 1 is 1.11 bits per heavy atom. The molecule has 0 saturated carbocycles. The van der Waals surface area contributed by atoms with E-state index in [0.29, 0.717) is 23.6 Å². The summed E-state index contributed by atoms with van der Waals surface area (Å²) in [4.78, 5) is 23.0. The predicted octanol–water partition coefficient (Wildman–Crippen LogP) is 6.61. The molecule has 0 aliphatic carbocycles. The van der Waals surface area contributed by atoms with Crippen LogP contribution in [0.1, 0.15) is 11.1 Å². The number of nitrogens with zero attached hydrogens (tertiary/aromatic N) is 2. The minimum Gasteiger partial charge on any atom is -0.497 e. The van der Waals surface area contributed by atoms with Crippen molar-refractivity contribution in [2.75, 3.05) is 12.4 Å². The molecule has 1 amide bonds. The summed E-state index contributed by atoms with van der Waals surface area (Å²) in [5.41, 5.74) is -2.05. The maximum atomic E-state index is 13.0. The normalized spacial score (nSPS) is 11.4. The number of rotatable bonds is 7. The number of hydrogen-bond acceptors (Lipinski definition) is 6. The molecule has 0 fully saturated rings. The van der Waals surface area contributed by atoms with Crippen LogP contribution in [0, 0.1) is 21.4 Å². The molecular weight excluding hydrogens is 503 g/mol. The summed E-state index contributed by atoms with van der Waals surface area (Å²) >= 11 is 6.02. The van der Waals surface area contributed by atoms with Crippen LogP contribution >= 0.6 is 11.6 Å². The molecule has 1 N–H and O–H groups in total. The van der Waals surface area contributed by atoms with Gasteiger partial charge in [-0.15, -0.1) is 0 Å². The van der Waals surface area contributed by atoms with Crippen molar-refractivity contribution >= 4 is 35.0 Å². The number of nitro groups is 1. The molecule has 184 valence electrons. The van der Waals surface area contributed by atoms with Gasteiger partial charge in [-0.05, 0) is 60.7 Å². The molecule has 0 heterocycles. The van der Waals surface area contributed by atoms with E-state index in [-0.39, 0.29) is 21.9 Å². The molecule has 0 unspecified atom stereocenters. The summed E-state index contributed by atoms with van der Waals surface area (Å²) in [7, 11) is 1.48. The lowest BCUT2D eigenvalue weighted by Gasteiger charge is -2.12. The summed E-state index contributed by atoms with van der Waals surface area (Å²) in [6, 6.07) is 13.9. The number of carbonyl (C=O) groups excluding carboxylic acids is 1. The molecule has 0 radical (unpaired) electrons. The topological polar surface area (TPSA) is 114 Å². The van der Waals surface area contributed by atoms with Crippen molar-refractivity contribution in [3.8, 4) is 23.3 Å². The number of hydrogen-bond donors (Lipinski definition) is 1. The van der Waals surface area contributed by atoms with Gasteiger partial charge in [-0.2, -0.15) is 18.4 Å². The van der Waals surface area contributed by atoms with Gasteiger partial charge < -0.3 is 14.8 Å². The first kappa shape index (κ1) is 26.1. The molecule has 36 heavy (non-hydrogen) atoms. The minimum atomic E-state index is -4.80. The number of amides is 1. The molecule has 0 saturated heterocycles. The van der Waals surface area contributed by atoms with E-state index in [4.69, 9.17) is 21.1 Å². The second kappa shape index (κ2) is 10.8. The van der Waals surface area contributed by atoms with E-state index in [2.05, 4.69) is 5.32 Å². The van der Waals surface area contributed by atoms with E-state index in [1.54, 1.807) is 30.3 Å². The number of anilines is 1. The molecule has 12 heteroatoms. The fourth-order valence-corrected chi connectivity index (χ4v) is 3.12. The fraction of sp³-hybridized carbons (Fsp3) is 0.0833. The van der Waals surface area contributed by atoms with E-state index in [0.717, 1.165) is 12.1 Å². The van der Waals surface area contributed by atoms with Gasteiger partial charge in [0.2, 0.25) is 5.75 Å². The van der Waals surface area contributed by atoms with Crippen molar-refractivity contribution in [1.82, 2.24) is 0 Å². The Kier molecular flexibility index (Phi) is 7.81. The van der Waals surface area contributed by atoms with Gasteiger partial charge in [-0.25, -0.2) is 0 Å². The number of carbonyl (C=O) groups is 1. The van der Waals surface area contributed by atoms with Gasteiger partial charge in [0.05, 0.1) is 17.6 Å². The smallest absolute Gasteiger partial charge is 0.416 e. The number of ether oxygens (including phenoxy) is 2. The van der Waals surface area contributed by atoms with Crippen molar-refractivity contribution in [3.63, 3.8) is 0 Å². The zero-order valence-corrected chi connectivity index (χ0v) is 19.1. The third-order valence-corrected chi connectivity index (χ3v) is 4.92. The van der Waals surface area contributed by atoms with E-state index in [1.807, 2.05) is 0 Å². The highest BCUT2D eigenvalue weighted by atomic mass is 35.5. The van der Waals surface area contributed by atoms with E-state index in [9.17, 15) is 33.3 Å². The van der Waals surface area contributed by atoms with Crippen LogP contribution < -0.4 is 14.8 Å². The lowest BCUT2D eigenvalue weighted by atomic mass is 10.1. The average molecular weight is 518 g/mol. The number of nitrogens with one attached hydrogen (secondary N) is 1. The van der Waals surface area contributed by atoms with Crippen LogP contribution in [0.15, 0.2) is 66.2 Å². The second-order valence-electron chi connectivity index (χ2n) is 7.07. The van der Waals surface area contributed by atoms with Crippen LogP contribution in [0.5, 0.6) is 17.2 Å². The van der Waals surface area contributed by atoms with Crippen molar-refractivity contribution in [2.45, 2.75) is 6.18 Å². The number of nitro benzene ring substituents is 1. The van der Waals surface area contributed by atoms with Crippen LogP contribution in [-0.4, -0.2) is 17.9 Å². The van der Waals surface area contributed by atoms with E-state index >= 15 is 0 Å². The van der Waals surface area contributed by atoms with Crippen LogP contribution in [0.4, 0.5) is 24.5 Å². The second-order valence-corrected chi connectivity index (χ2v) is 7.51. The van der Waals surface area contributed by atoms with Gasteiger partial charge in [0.15, 0.2) is 0 Å². The van der Waals surface area contributed by atoms with E-state index in [1.165, 1.54) is 25.3 Å². The summed E-state index contributed by atoms with van der Waals surface area (Å²) in [5.74, 6) is -0.783. The van der Waals surface area contributed by atoms with Crippen LogP contribution in [-0.2, 0) is 11.0 Å². The number of methoxy groups -OCH3 is 1.